The van der Waals surface area contributed by atoms with E-state index in [0.29, 0.717) is 32.7 Å². The lowest BCUT2D eigenvalue weighted by atomic mass is 10.1. The molecule has 4 aromatic rings. The van der Waals surface area contributed by atoms with Gasteiger partial charge in [0.15, 0.2) is 10.9 Å². The van der Waals surface area contributed by atoms with Crippen LogP contribution in [0, 0.1) is 6.92 Å². The summed E-state index contributed by atoms with van der Waals surface area (Å²) in [5.41, 5.74) is 2.04. The van der Waals surface area contributed by atoms with Gasteiger partial charge in [0.2, 0.25) is 5.78 Å². The number of carbonyl (C=O) groups excluding carboxylic acids is 2. The Hall–Kier alpha value is -3.65. The Morgan fingerprint density at radius 2 is 1.93 bits per heavy atom. The number of pyridine rings is 2. The highest BCUT2D eigenvalue weighted by Gasteiger charge is 2.24. The van der Waals surface area contributed by atoms with Gasteiger partial charge in [0.1, 0.15) is 16.3 Å². The molecule has 0 bridgehead atoms. The maximum Gasteiger partial charge on any atom is 0.257 e. The summed E-state index contributed by atoms with van der Waals surface area (Å²) in [7, 11) is 0. The van der Waals surface area contributed by atoms with Crippen molar-refractivity contribution in [1.29, 1.82) is 0 Å². The van der Waals surface area contributed by atoms with Gasteiger partial charge in [0.25, 0.3) is 5.91 Å². The molecule has 0 atom stereocenters. The van der Waals surface area contributed by atoms with E-state index in [0.717, 1.165) is 16.9 Å². The van der Waals surface area contributed by atoms with E-state index < -0.39 is 0 Å². The van der Waals surface area contributed by atoms with Crippen LogP contribution in [0.15, 0.2) is 65.7 Å². The minimum absolute atomic E-state index is 0.281. The standard InChI is InChI=1S/C20H14N4O3S/c1-12-4-9-22-14(11-12)17(25)18-16(15-3-2-10-27-15)23-20(28-18)24-19(26)13-5-7-21-8-6-13/h2-11H,1H3,(H,23,24,26). The summed E-state index contributed by atoms with van der Waals surface area (Å²) in [6.45, 7) is 1.89. The van der Waals surface area contributed by atoms with E-state index in [-0.39, 0.29) is 11.7 Å². The summed E-state index contributed by atoms with van der Waals surface area (Å²) in [4.78, 5) is 38.3. The summed E-state index contributed by atoms with van der Waals surface area (Å²) >= 11 is 1.08. The van der Waals surface area contributed by atoms with Crippen LogP contribution in [0.3, 0.4) is 0 Å². The first-order chi connectivity index (χ1) is 13.6. The van der Waals surface area contributed by atoms with Crippen LogP contribution < -0.4 is 5.32 Å². The number of ketones is 1. The fourth-order valence-electron chi connectivity index (χ4n) is 2.56. The molecule has 1 N–H and O–H groups in total. The number of furan rings is 1. The maximum atomic E-state index is 13.0. The average Bonchev–Trinajstić information content (AvgIpc) is 3.38. The van der Waals surface area contributed by atoms with Gasteiger partial charge in [-0.3, -0.25) is 24.9 Å². The normalized spacial score (nSPS) is 10.6. The third kappa shape index (κ3) is 3.58. The maximum absolute atomic E-state index is 13.0. The molecule has 0 aliphatic rings. The molecule has 138 valence electrons. The van der Waals surface area contributed by atoms with Crippen LogP contribution in [0.1, 0.15) is 31.3 Å². The van der Waals surface area contributed by atoms with Gasteiger partial charge in [-0.2, -0.15) is 0 Å². The Balaban J connectivity index is 1.71. The van der Waals surface area contributed by atoms with E-state index >= 15 is 0 Å². The first-order valence-electron chi connectivity index (χ1n) is 8.35. The van der Waals surface area contributed by atoms with Crippen LogP contribution in [-0.4, -0.2) is 26.6 Å². The summed E-state index contributed by atoms with van der Waals surface area (Å²) in [6, 6.07) is 10.1. The molecule has 0 unspecified atom stereocenters. The average molecular weight is 390 g/mol. The number of carbonyl (C=O) groups is 2. The highest BCUT2D eigenvalue weighted by atomic mass is 32.1. The lowest BCUT2D eigenvalue weighted by molar-refractivity contribution is 0.102. The molecular formula is C20H14N4O3S. The minimum atomic E-state index is -0.338. The largest absolute Gasteiger partial charge is 0.463 e. The molecular weight excluding hydrogens is 376 g/mol. The van der Waals surface area contributed by atoms with Crippen molar-refractivity contribution in [2.24, 2.45) is 0 Å². The number of hydrogen-bond acceptors (Lipinski definition) is 7. The first kappa shape index (κ1) is 17.7. The van der Waals surface area contributed by atoms with Crippen molar-refractivity contribution in [1.82, 2.24) is 15.0 Å². The zero-order valence-electron chi connectivity index (χ0n) is 14.7. The second-order valence-electron chi connectivity index (χ2n) is 5.91. The summed E-state index contributed by atoms with van der Waals surface area (Å²) in [5.74, 6) is -0.177. The van der Waals surface area contributed by atoms with Gasteiger partial charge in [-0.25, -0.2) is 4.98 Å². The number of nitrogens with zero attached hydrogens (tertiary/aromatic N) is 3. The van der Waals surface area contributed by atoms with Gasteiger partial charge in [-0.15, -0.1) is 0 Å². The number of nitrogens with one attached hydrogen (secondary N) is 1. The molecule has 0 aromatic carbocycles. The van der Waals surface area contributed by atoms with Gasteiger partial charge >= 0.3 is 0 Å². The number of aryl methyl sites for hydroxylation is 1. The zero-order valence-corrected chi connectivity index (χ0v) is 15.6. The fourth-order valence-corrected chi connectivity index (χ4v) is 3.47. The number of thiazole rings is 1. The van der Waals surface area contributed by atoms with Crippen molar-refractivity contribution in [3.05, 3.63) is 82.9 Å². The number of amides is 1. The quantitative estimate of drug-likeness (QED) is 0.518. The Morgan fingerprint density at radius 1 is 1.11 bits per heavy atom. The van der Waals surface area contributed by atoms with Gasteiger partial charge in [0, 0.05) is 24.2 Å². The number of hydrogen-bond donors (Lipinski definition) is 1. The van der Waals surface area contributed by atoms with E-state index in [1.54, 1.807) is 36.5 Å². The third-order valence-corrected chi connectivity index (χ3v) is 4.87. The molecule has 7 nitrogen and oxygen atoms in total. The monoisotopic (exact) mass is 390 g/mol. The molecule has 0 spiro atoms. The predicted octanol–water partition coefficient (Wildman–Crippen LogP) is 3.98. The molecule has 0 aliphatic heterocycles. The van der Waals surface area contributed by atoms with Crippen molar-refractivity contribution >= 4 is 28.2 Å². The SMILES string of the molecule is Cc1ccnc(C(=O)c2sc(NC(=O)c3ccncc3)nc2-c2ccco2)c1. The van der Waals surface area contributed by atoms with Gasteiger partial charge in [-0.05, 0) is 48.9 Å². The van der Waals surface area contributed by atoms with E-state index in [1.165, 1.54) is 18.7 Å². The second-order valence-corrected chi connectivity index (χ2v) is 6.91. The van der Waals surface area contributed by atoms with Crippen LogP contribution >= 0.6 is 11.3 Å². The Kier molecular flexibility index (Phi) is 4.77. The number of anilines is 1. The highest BCUT2D eigenvalue weighted by Crippen LogP contribution is 2.33. The second kappa shape index (κ2) is 7.53. The van der Waals surface area contributed by atoms with Crippen molar-refractivity contribution in [2.75, 3.05) is 5.32 Å². The van der Waals surface area contributed by atoms with Crippen molar-refractivity contribution in [3.8, 4) is 11.5 Å². The van der Waals surface area contributed by atoms with Crippen molar-refractivity contribution in [2.45, 2.75) is 6.92 Å². The third-order valence-electron chi connectivity index (χ3n) is 3.90. The number of aromatic nitrogens is 3. The molecule has 0 aliphatic carbocycles. The van der Waals surface area contributed by atoms with Crippen LogP contribution in [0.4, 0.5) is 5.13 Å². The topological polar surface area (TPSA) is 98.0 Å². The minimum Gasteiger partial charge on any atom is -0.463 e. The lowest BCUT2D eigenvalue weighted by Crippen LogP contribution is -2.11. The number of rotatable bonds is 5. The molecule has 0 saturated heterocycles. The molecule has 0 fully saturated rings. The molecule has 0 radical (unpaired) electrons. The van der Waals surface area contributed by atoms with Crippen LogP contribution in [0.25, 0.3) is 11.5 Å². The fraction of sp³-hybridized carbons (Fsp3) is 0.0500. The van der Waals surface area contributed by atoms with E-state index in [1.807, 2.05) is 13.0 Å². The molecule has 1 amide bonds. The molecule has 4 aromatic heterocycles. The smallest absolute Gasteiger partial charge is 0.257 e. The summed E-state index contributed by atoms with van der Waals surface area (Å²) < 4.78 is 5.42. The zero-order chi connectivity index (χ0) is 19.5. The van der Waals surface area contributed by atoms with E-state index in [4.69, 9.17) is 4.42 Å². The van der Waals surface area contributed by atoms with Crippen LogP contribution in [-0.2, 0) is 0 Å². The molecule has 4 heterocycles. The van der Waals surface area contributed by atoms with E-state index in [9.17, 15) is 9.59 Å². The first-order valence-corrected chi connectivity index (χ1v) is 9.17. The predicted molar refractivity (Wildman–Crippen MR) is 104 cm³/mol. The highest BCUT2D eigenvalue weighted by molar-refractivity contribution is 7.18. The molecule has 0 saturated carbocycles. The summed E-state index contributed by atoms with van der Waals surface area (Å²) in [6.07, 6.45) is 6.15. The Morgan fingerprint density at radius 3 is 2.64 bits per heavy atom. The van der Waals surface area contributed by atoms with Gasteiger partial charge in [-0.1, -0.05) is 11.3 Å². The molecule has 4 rings (SSSR count). The van der Waals surface area contributed by atoms with Crippen molar-refractivity contribution < 1.29 is 14.0 Å². The molecule has 28 heavy (non-hydrogen) atoms. The van der Waals surface area contributed by atoms with Crippen LogP contribution in [0.5, 0.6) is 0 Å². The summed E-state index contributed by atoms with van der Waals surface area (Å²) in [5, 5.41) is 3.02. The van der Waals surface area contributed by atoms with Crippen molar-refractivity contribution in [3.63, 3.8) is 0 Å². The Labute approximate surface area is 164 Å². The van der Waals surface area contributed by atoms with Crippen LogP contribution in [0.2, 0.25) is 0 Å². The lowest BCUT2D eigenvalue weighted by Gasteiger charge is -2.00. The Bertz CT molecular complexity index is 1140. The van der Waals surface area contributed by atoms with Gasteiger partial charge in [0.05, 0.1) is 6.26 Å². The molecule has 8 heteroatoms. The van der Waals surface area contributed by atoms with E-state index in [2.05, 4.69) is 20.3 Å². The van der Waals surface area contributed by atoms with Gasteiger partial charge < -0.3 is 4.42 Å².